The maximum absolute atomic E-state index is 13.4. The van der Waals surface area contributed by atoms with Crippen LogP contribution in [0.25, 0.3) is 11.3 Å². The Bertz CT molecular complexity index is 1230. The number of phenols is 1. The molecule has 1 amide bonds. The molecule has 30 heavy (non-hydrogen) atoms. The number of rotatable bonds is 3. The number of carbonyl (C=O) groups excluding carboxylic acids is 1. The summed E-state index contributed by atoms with van der Waals surface area (Å²) in [6.45, 7) is 2.01. The van der Waals surface area contributed by atoms with Gasteiger partial charge in [0.15, 0.2) is 0 Å². The second-order valence-electron chi connectivity index (χ2n) is 7.37. The van der Waals surface area contributed by atoms with E-state index in [0.717, 1.165) is 27.9 Å². The molecule has 2 heterocycles. The van der Waals surface area contributed by atoms with Crippen LogP contribution in [-0.2, 0) is 0 Å². The Hall–Kier alpha value is -3.57. The molecule has 0 saturated carbocycles. The molecule has 1 aliphatic heterocycles. The minimum atomic E-state index is -0.375. The average Bonchev–Trinajstić information content (AvgIpc) is 3.29. The van der Waals surface area contributed by atoms with Crippen LogP contribution in [0.3, 0.4) is 0 Å². The molecule has 0 saturated heterocycles. The van der Waals surface area contributed by atoms with Gasteiger partial charge in [-0.1, -0.05) is 53.6 Å². The number of aryl methyl sites for hydroxylation is 1. The molecule has 0 bridgehead atoms. The largest absolute Gasteiger partial charge is 0.508 e. The first-order valence-corrected chi connectivity index (χ1v) is 9.94. The molecular formula is C24H18ClN3O2. The maximum Gasteiger partial charge on any atom is 0.277 e. The van der Waals surface area contributed by atoms with Crippen LogP contribution < -0.4 is 4.90 Å². The van der Waals surface area contributed by atoms with Gasteiger partial charge in [-0.05, 0) is 48.9 Å². The van der Waals surface area contributed by atoms with Crippen molar-refractivity contribution >= 4 is 23.2 Å². The van der Waals surface area contributed by atoms with Crippen molar-refractivity contribution < 1.29 is 9.90 Å². The number of aromatic nitrogens is 2. The Morgan fingerprint density at radius 1 is 0.967 bits per heavy atom. The number of phenolic OH excluding ortho intramolecular Hbond substituents is 1. The lowest BCUT2D eigenvalue weighted by atomic mass is 9.95. The second-order valence-corrected chi connectivity index (χ2v) is 7.81. The average molecular weight is 416 g/mol. The molecule has 0 aliphatic carbocycles. The summed E-state index contributed by atoms with van der Waals surface area (Å²) in [4.78, 5) is 15.2. The number of anilines is 1. The van der Waals surface area contributed by atoms with Crippen LogP contribution in [0.2, 0.25) is 5.02 Å². The van der Waals surface area contributed by atoms with Gasteiger partial charge in [0.1, 0.15) is 11.4 Å². The van der Waals surface area contributed by atoms with Crippen molar-refractivity contribution in [3.8, 4) is 17.0 Å². The van der Waals surface area contributed by atoms with Crippen molar-refractivity contribution in [1.82, 2.24) is 10.2 Å². The Morgan fingerprint density at radius 3 is 2.30 bits per heavy atom. The fraction of sp³-hybridized carbons (Fsp3) is 0.0833. The highest BCUT2D eigenvalue weighted by molar-refractivity contribution is 6.30. The highest BCUT2D eigenvalue weighted by Gasteiger charge is 2.43. The number of aromatic amines is 1. The normalized spacial score (nSPS) is 15.5. The van der Waals surface area contributed by atoms with Crippen LogP contribution in [0.4, 0.5) is 5.69 Å². The van der Waals surface area contributed by atoms with E-state index in [2.05, 4.69) is 10.2 Å². The third-order valence-electron chi connectivity index (χ3n) is 5.41. The molecule has 1 atom stereocenters. The van der Waals surface area contributed by atoms with Gasteiger partial charge in [-0.15, -0.1) is 0 Å². The highest BCUT2D eigenvalue weighted by Crippen LogP contribution is 2.45. The van der Waals surface area contributed by atoms with E-state index in [1.54, 1.807) is 17.0 Å². The van der Waals surface area contributed by atoms with Crippen molar-refractivity contribution in [2.24, 2.45) is 0 Å². The molecule has 0 fully saturated rings. The Balaban J connectivity index is 1.71. The smallest absolute Gasteiger partial charge is 0.277 e. The van der Waals surface area contributed by atoms with Crippen molar-refractivity contribution in [3.63, 3.8) is 0 Å². The quantitative estimate of drug-likeness (QED) is 0.464. The topological polar surface area (TPSA) is 69.2 Å². The van der Waals surface area contributed by atoms with Crippen LogP contribution in [0.1, 0.15) is 33.2 Å². The van der Waals surface area contributed by atoms with Gasteiger partial charge in [0.2, 0.25) is 0 Å². The summed E-state index contributed by atoms with van der Waals surface area (Å²) in [6, 6.07) is 21.8. The lowest BCUT2D eigenvalue weighted by molar-refractivity contribution is 0.0989. The van der Waals surface area contributed by atoms with Crippen molar-refractivity contribution in [1.29, 1.82) is 0 Å². The van der Waals surface area contributed by atoms with E-state index in [0.29, 0.717) is 16.4 Å². The van der Waals surface area contributed by atoms with Crippen LogP contribution in [0.15, 0.2) is 72.8 Å². The fourth-order valence-corrected chi connectivity index (χ4v) is 4.04. The number of aromatic hydroxyl groups is 1. The molecule has 5 nitrogen and oxygen atoms in total. The van der Waals surface area contributed by atoms with E-state index >= 15 is 0 Å². The van der Waals surface area contributed by atoms with Gasteiger partial charge < -0.3 is 5.11 Å². The molecule has 4 aromatic rings. The van der Waals surface area contributed by atoms with Crippen LogP contribution in [0, 0.1) is 6.92 Å². The number of fused-ring (bicyclic) bond motifs is 1. The molecule has 0 spiro atoms. The maximum atomic E-state index is 13.4. The number of nitrogens with one attached hydrogen (secondary N) is 1. The summed E-state index contributed by atoms with van der Waals surface area (Å²) in [5.41, 5.74) is 5.68. The first-order chi connectivity index (χ1) is 14.5. The van der Waals surface area contributed by atoms with Crippen molar-refractivity contribution in [3.05, 3.63) is 100 Å². The Kier molecular flexibility index (Phi) is 4.33. The number of halogens is 1. The van der Waals surface area contributed by atoms with Crippen LogP contribution >= 0.6 is 11.6 Å². The molecule has 3 aromatic carbocycles. The summed E-state index contributed by atoms with van der Waals surface area (Å²) in [5, 5.41) is 17.8. The number of hydrogen-bond acceptors (Lipinski definition) is 3. The van der Waals surface area contributed by atoms with Gasteiger partial charge >= 0.3 is 0 Å². The van der Waals surface area contributed by atoms with E-state index in [-0.39, 0.29) is 17.7 Å². The minimum absolute atomic E-state index is 0.139. The van der Waals surface area contributed by atoms with Gasteiger partial charge in [0, 0.05) is 21.8 Å². The number of hydrogen-bond donors (Lipinski definition) is 2. The highest BCUT2D eigenvalue weighted by atomic mass is 35.5. The number of benzene rings is 3. The number of nitrogens with zero attached hydrogens (tertiary/aromatic N) is 2. The summed E-state index contributed by atoms with van der Waals surface area (Å²) in [5.74, 6) is 0.0370. The van der Waals surface area contributed by atoms with Gasteiger partial charge in [0.25, 0.3) is 5.91 Å². The number of H-pyrrole nitrogens is 1. The zero-order valence-electron chi connectivity index (χ0n) is 16.1. The molecule has 148 valence electrons. The third-order valence-corrected chi connectivity index (χ3v) is 5.66. The fourth-order valence-electron chi connectivity index (χ4n) is 3.92. The molecule has 1 unspecified atom stereocenters. The summed E-state index contributed by atoms with van der Waals surface area (Å²) >= 11 is 6.05. The first kappa shape index (κ1) is 18.5. The number of amides is 1. The molecule has 2 N–H and O–H groups in total. The van der Waals surface area contributed by atoms with E-state index in [4.69, 9.17) is 11.6 Å². The monoisotopic (exact) mass is 415 g/mol. The summed E-state index contributed by atoms with van der Waals surface area (Å²) in [6.07, 6.45) is 0. The van der Waals surface area contributed by atoms with E-state index < -0.39 is 0 Å². The second kappa shape index (κ2) is 7.04. The molecule has 6 heteroatoms. The predicted octanol–water partition coefficient (Wildman–Crippen LogP) is 5.49. The Morgan fingerprint density at radius 2 is 1.63 bits per heavy atom. The van der Waals surface area contributed by atoms with Gasteiger partial charge in [-0.25, -0.2) is 0 Å². The lowest BCUT2D eigenvalue weighted by Crippen LogP contribution is -2.29. The molecule has 1 aliphatic rings. The third kappa shape index (κ3) is 2.95. The van der Waals surface area contributed by atoms with Crippen LogP contribution in [0.5, 0.6) is 5.75 Å². The zero-order chi connectivity index (χ0) is 20.8. The van der Waals surface area contributed by atoms with E-state index in [1.165, 1.54) is 0 Å². The molecular weight excluding hydrogens is 398 g/mol. The lowest BCUT2D eigenvalue weighted by Gasteiger charge is -2.26. The minimum Gasteiger partial charge on any atom is -0.508 e. The van der Waals surface area contributed by atoms with Crippen LogP contribution in [-0.4, -0.2) is 21.2 Å². The summed E-state index contributed by atoms with van der Waals surface area (Å²) in [7, 11) is 0. The number of carbonyl (C=O) groups is 1. The first-order valence-electron chi connectivity index (χ1n) is 9.56. The van der Waals surface area contributed by atoms with Gasteiger partial charge in [-0.3, -0.25) is 14.8 Å². The molecule has 5 rings (SSSR count). The predicted molar refractivity (Wildman–Crippen MR) is 117 cm³/mol. The van der Waals surface area contributed by atoms with E-state index in [9.17, 15) is 9.90 Å². The standard InChI is InChI=1S/C24H18ClN3O2/c1-14-2-10-18(11-3-14)28-23(16-6-12-19(29)13-7-16)20-21(26-27-22(20)24(28)30)15-4-8-17(25)9-5-15/h2-13,23,29H,1H3,(H,26,27). The van der Waals surface area contributed by atoms with Crippen molar-refractivity contribution in [2.75, 3.05) is 4.90 Å². The Labute approximate surface area is 178 Å². The van der Waals surface area contributed by atoms with Gasteiger partial charge in [0.05, 0.1) is 11.7 Å². The van der Waals surface area contributed by atoms with E-state index in [1.807, 2.05) is 67.6 Å². The van der Waals surface area contributed by atoms with Crippen molar-refractivity contribution in [2.45, 2.75) is 13.0 Å². The molecule has 1 aromatic heterocycles. The SMILES string of the molecule is Cc1ccc(N2C(=O)c3[nH]nc(-c4ccc(Cl)cc4)c3C2c2ccc(O)cc2)cc1. The van der Waals surface area contributed by atoms with Gasteiger partial charge in [-0.2, -0.15) is 5.10 Å². The molecule has 0 radical (unpaired) electrons. The summed E-state index contributed by atoms with van der Waals surface area (Å²) < 4.78 is 0. The zero-order valence-corrected chi connectivity index (χ0v) is 16.9.